The van der Waals surface area contributed by atoms with Gasteiger partial charge in [0.15, 0.2) is 0 Å². The highest BCUT2D eigenvalue weighted by Gasteiger charge is 2.29. The molecular formula is C30H31ClN4O4S. The number of hydrogen-bond donors (Lipinski definition) is 1. The summed E-state index contributed by atoms with van der Waals surface area (Å²) in [5.41, 5.74) is 7.32. The highest BCUT2D eigenvalue weighted by molar-refractivity contribution is 7.92. The zero-order valence-electron chi connectivity index (χ0n) is 22.8. The van der Waals surface area contributed by atoms with Crippen LogP contribution < -0.4 is 14.5 Å². The van der Waals surface area contributed by atoms with Crippen LogP contribution in [0.5, 0.6) is 5.75 Å². The van der Waals surface area contributed by atoms with E-state index in [1.54, 1.807) is 49.5 Å². The Morgan fingerprint density at radius 3 is 2.38 bits per heavy atom. The Balaban J connectivity index is 1.58. The molecule has 0 spiro atoms. The molecule has 0 radical (unpaired) electrons. The van der Waals surface area contributed by atoms with Crippen LogP contribution >= 0.6 is 11.6 Å². The molecule has 0 unspecified atom stereocenters. The summed E-state index contributed by atoms with van der Waals surface area (Å²) in [7, 11) is -4.10. The Hall–Kier alpha value is -4.08. The highest BCUT2D eigenvalue weighted by atomic mass is 35.5. The van der Waals surface area contributed by atoms with Crippen LogP contribution in [0.25, 0.3) is 5.69 Å². The largest absolute Gasteiger partial charge is 0.492 e. The third-order valence-corrected chi connectivity index (χ3v) is 8.30. The van der Waals surface area contributed by atoms with Crippen molar-refractivity contribution in [2.24, 2.45) is 5.10 Å². The lowest BCUT2D eigenvalue weighted by Crippen LogP contribution is -2.39. The molecule has 0 saturated heterocycles. The number of amides is 1. The number of nitrogens with zero attached hydrogens (tertiary/aromatic N) is 3. The van der Waals surface area contributed by atoms with Gasteiger partial charge in [-0.25, -0.2) is 13.8 Å². The van der Waals surface area contributed by atoms with Gasteiger partial charge in [0.05, 0.1) is 23.4 Å². The van der Waals surface area contributed by atoms with E-state index in [1.807, 2.05) is 51.1 Å². The van der Waals surface area contributed by atoms with Gasteiger partial charge in [0, 0.05) is 27.7 Å². The fourth-order valence-corrected chi connectivity index (χ4v) is 5.88. The predicted molar refractivity (Wildman–Crippen MR) is 159 cm³/mol. The summed E-state index contributed by atoms with van der Waals surface area (Å²) in [5.74, 6) is -0.253. The maximum Gasteiger partial charge on any atom is 0.264 e. The summed E-state index contributed by atoms with van der Waals surface area (Å²) in [4.78, 5) is 13.1. The minimum atomic E-state index is -4.10. The first-order valence-electron chi connectivity index (χ1n) is 12.7. The quantitative estimate of drug-likeness (QED) is 0.190. The summed E-state index contributed by atoms with van der Waals surface area (Å²) >= 11 is 6.03. The van der Waals surface area contributed by atoms with Gasteiger partial charge in [-0.15, -0.1) is 0 Å². The number of aromatic nitrogens is 1. The second-order valence-corrected chi connectivity index (χ2v) is 11.5. The molecule has 0 atom stereocenters. The van der Waals surface area contributed by atoms with Crippen LogP contribution in [0.15, 0.2) is 88.9 Å². The topological polar surface area (TPSA) is 93.0 Å². The third-order valence-electron chi connectivity index (χ3n) is 6.28. The normalized spacial score (nSPS) is 11.5. The van der Waals surface area contributed by atoms with Crippen molar-refractivity contribution >= 4 is 39.4 Å². The lowest BCUT2D eigenvalue weighted by molar-refractivity contribution is -0.119. The molecule has 1 N–H and O–H groups in total. The summed E-state index contributed by atoms with van der Waals surface area (Å²) in [6, 6.07) is 22.6. The van der Waals surface area contributed by atoms with E-state index in [1.165, 1.54) is 12.1 Å². The van der Waals surface area contributed by atoms with E-state index in [0.29, 0.717) is 17.4 Å². The van der Waals surface area contributed by atoms with Crippen molar-refractivity contribution < 1.29 is 17.9 Å². The van der Waals surface area contributed by atoms with Gasteiger partial charge in [0.1, 0.15) is 12.3 Å². The van der Waals surface area contributed by atoms with Crippen LogP contribution in [0.2, 0.25) is 5.02 Å². The zero-order chi connectivity index (χ0) is 28.9. The van der Waals surface area contributed by atoms with Gasteiger partial charge in [-0.1, -0.05) is 41.4 Å². The molecule has 4 rings (SSSR count). The standard InChI is InChI=1S/C30H31ClN4O4S/c1-5-39-29-9-7-6-8-28(29)34(40(37,38)27-16-10-21(2)11-17-27)20-30(36)33-32-19-24-18-22(3)35(23(24)4)26-14-12-25(31)13-15-26/h6-19H,5,20H2,1-4H3,(H,33,36)/b32-19-. The van der Waals surface area contributed by atoms with Crippen molar-refractivity contribution in [1.82, 2.24) is 9.99 Å². The number of sulfonamides is 1. The Morgan fingerprint density at radius 1 is 1.02 bits per heavy atom. The number of hydrazone groups is 1. The van der Waals surface area contributed by atoms with Gasteiger partial charge >= 0.3 is 0 Å². The van der Waals surface area contributed by atoms with Crippen molar-refractivity contribution in [3.8, 4) is 11.4 Å². The SMILES string of the molecule is CCOc1ccccc1N(CC(=O)N/N=C\c1cc(C)n(-c2ccc(Cl)cc2)c1C)S(=O)(=O)c1ccc(C)cc1. The number of rotatable bonds is 10. The van der Waals surface area contributed by atoms with E-state index in [9.17, 15) is 13.2 Å². The molecule has 3 aromatic carbocycles. The van der Waals surface area contributed by atoms with Crippen molar-refractivity contribution in [1.29, 1.82) is 0 Å². The average molecular weight is 579 g/mol. The number of ether oxygens (including phenoxy) is 1. The minimum absolute atomic E-state index is 0.0651. The van der Waals surface area contributed by atoms with Crippen molar-refractivity contribution in [2.45, 2.75) is 32.6 Å². The first kappa shape index (κ1) is 28.9. The summed E-state index contributed by atoms with van der Waals surface area (Å²) < 4.78 is 36.2. The van der Waals surface area contributed by atoms with Crippen LogP contribution in [0.1, 0.15) is 29.4 Å². The fraction of sp³-hybridized carbons (Fsp3) is 0.200. The molecule has 1 heterocycles. The van der Waals surface area contributed by atoms with Crippen LogP contribution in [0.3, 0.4) is 0 Å². The van der Waals surface area contributed by atoms with Gasteiger partial charge < -0.3 is 9.30 Å². The molecule has 208 valence electrons. The fourth-order valence-electron chi connectivity index (χ4n) is 4.32. The van der Waals surface area contributed by atoms with Gasteiger partial charge in [-0.05, 0) is 82.3 Å². The molecule has 4 aromatic rings. The van der Waals surface area contributed by atoms with Gasteiger partial charge in [-0.3, -0.25) is 9.10 Å². The van der Waals surface area contributed by atoms with Crippen LogP contribution in [0, 0.1) is 20.8 Å². The first-order valence-corrected chi connectivity index (χ1v) is 14.5. The first-order chi connectivity index (χ1) is 19.1. The predicted octanol–water partition coefficient (Wildman–Crippen LogP) is 5.80. The number of aryl methyl sites for hydroxylation is 2. The van der Waals surface area contributed by atoms with E-state index < -0.39 is 22.5 Å². The van der Waals surface area contributed by atoms with Crippen LogP contribution in [-0.4, -0.2) is 38.3 Å². The zero-order valence-corrected chi connectivity index (χ0v) is 24.3. The number of anilines is 1. The van der Waals surface area contributed by atoms with E-state index >= 15 is 0 Å². The highest BCUT2D eigenvalue weighted by Crippen LogP contribution is 2.32. The minimum Gasteiger partial charge on any atom is -0.492 e. The monoisotopic (exact) mass is 578 g/mol. The maximum absolute atomic E-state index is 13.7. The van der Waals surface area contributed by atoms with E-state index in [0.717, 1.165) is 32.5 Å². The van der Waals surface area contributed by atoms with E-state index in [2.05, 4.69) is 15.1 Å². The second kappa shape index (κ2) is 12.4. The number of carbonyl (C=O) groups excluding carboxylic acids is 1. The number of benzene rings is 3. The van der Waals surface area contributed by atoms with Crippen molar-refractivity contribution in [3.63, 3.8) is 0 Å². The maximum atomic E-state index is 13.7. The summed E-state index contributed by atoms with van der Waals surface area (Å²) in [6.45, 7) is 7.44. The molecule has 1 amide bonds. The summed E-state index contributed by atoms with van der Waals surface area (Å²) in [5, 5.41) is 4.78. The number of hydrogen-bond acceptors (Lipinski definition) is 5. The Kier molecular flexibility index (Phi) is 8.96. The smallest absolute Gasteiger partial charge is 0.264 e. The second-order valence-electron chi connectivity index (χ2n) is 9.16. The lowest BCUT2D eigenvalue weighted by Gasteiger charge is -2.25. The molecule has 0 aliphatic heterocycles. The van der Waals surface area contributed by atoms with Gasteiger partial charge in [-0.2, -0.15) is 5.10 Å². The van der Waals surface area contributed by atoms with E-state index in [4.69, 9.17) is 16.3 Å². The molecule has 0 saturated carbocycles. The third kappa shape index (κ3) is 6.38. The van der Waals surface area contributed by atoms with Crippen molar-refractivity contribution in [2.75, 3.05) is 17.5 Å². The number of nitrogens with one attached hydrogen (secondary N) is 1. The number of halogens is 1. The Morgan fingerprint density at radius 2 is 1.70 bits per heavy atom. The summed E-state index contributed by atoms with van der Waals surface area (Å²) in [6.07, 6.45) is 1.54. The molecule has 0 aliphatic carbocycles. The van der Waals surface area contributed by atoms with Gasteiger partial charge in [0.2, 0.25) is 0 Å². The Bertz CT molecular complexity index is 1630. The molecule has 40 heavy (non-hydrogen) atoms. The number of para-hydroxylation sites is 2. The Labute approximate surface area is 239 Å². The molecule has 10 heteroatoms. The lowest BCUT2D eigenvalue weighted by atomic mass is 10.2. The van der Waals surface area contributed by atoms with Gasteiger partial charge in [0.25, 0.3) is 15.9 Å². The van der Waals surface area contributed by atoms with E-state index in [-0.39, 0.29) is 10.6 Å². The average Bonchev–Trinajstić information content (AvgIpc) is 3.21. The molecule has 8 nitrogen and oxygen atoms in total. The number of carbonyl (C=O) groups is 1. The molecular weight excluding hydrogens is 548 g/mol. The molecule has 0 aliphatic rings. The van der Waals surface area contributed by atoms with Crippen LogP contribution in [-0.2, 0) is 14.8 Å². The molecule has 0 fully saturated rings. The van der Waals surface area contributed by atoms with Crippen molar-refractivity contribution in [3.05, 3.63) is 106 Å². The molecule has 1 aromatic heterocycles. The molecule has 0 bridgehead atoms. The van der Waals surface area contributed by atoms with Crippen LogP contribution in [0.4, 0.5) is 5.69 Å².